The van der Waals surface area contributed by atoms with E-state index in [1.807, 2.05) is 31.2 Å². The number of carbonyl (C=O) groups is 1. The summed E-state index contributed by atoms with van der Waals surface area (Å²) in [6.45, 7) is 3.61. The molecule has 0 saturated carbocycles. The maximum absolute atomic E-state index is 12.4. The number of amides is 1. The highest BCUT2D eigenvalue weighted by atomic mass is 35.5. The molecule has 0 heterocycles. The summed E-state index contributed by atoms with van der Waals surface area (Å²) in [5, 5.41) is 3.17. The summed E-state index contributed by atoms with van der Waals surface area (Å²) in [6.07, 6.45) is -0.683. The highest BCUT2D eigenvalue weighted by Gasteiger charge is 2.19. The van der Waals surface area contributed by atoms with Crippen LogP contribution in [0.15, 0.2) is 36.4 Å². The van der Waals surface area contributed by atoms with Crippen LogP contribution in [0.2, 0.25) is 5.02 Å². The van der Waals surface area contributed by atoms with Crippen molar-refractivity contribution in [2.24, 2.45) is 0 Å². The largest absolute Gasteiger partial charge is 0.495 e. The van der Waals surface area contributed by atoms with Crippen LogP contribution in [0, 0.1) is 6.92 Å². The van der Waals surface area contributed by atoms with Gasteiger partial charge in [-0.15, -0.1) is 0 Å². The quantitative estimate of drug-likeness (QED) is 0.854. The number of benzene rings is 2. The Morgan fingerprint density at radius 1 is 1.08 bits per heavy atom. The maximum atomic E-state index is 12.4. The molecule has 1 N–H and O–H groups in total. The number of hydrogen-bond donors (Lipinski definition) is 1. The van der Waals surface area contributed by atoms with Crippen LogP contribution in [0.4, 0.5) is 5.69 Å². The second-order valence-electron chi connectivity index (χ2n) is 5.20. The molecular weight excluding hydrogens is 330 g/mol. The molecule has 0 saturated heterocycles. The van der Waals surface area contributed by atoms with E-state index in [1.54, 1.807) is 19.1 Å². The van der Waals surface area contributed by atoms with Crippen LogP contribution < -0.4 is 19.5 Å². The van der Waals surface area contributed by atoms with Crippen molar-refractivity contribution in [3.8, 4) is 17.2 Å². The maximum Gasteiger partial charge on any atom is 0.265 e. The molecule has 1 amide bonds. The number of halogens is 1. The van der Waals surface area contributed by atoms with Gasteiger partial charge in [-0.2, -0.15) is 0 Å². The summed E-state index contributed by atoms with van der Waals surface area (Å²) in [4.78, 5) is 12.4. The third kappa shape index (κ3) is 4.11. The topological polar surface area (TPSA) is 56.8 Å². The van der Waals surface area contributed by atoms with Crippen LogP contribution in [-0.2, 0) is 4.79 Å². The molecule has 0 aliphatic carbocycles. The number of anilines is 1. The lowest BCUT2D eigenvalue weighted by atomic mass is 10.2. The third-order valence-electron chi connectivity index (χ3n) is 3.50. The van der Waals surface area contributed by atoms with E-state index in [4.69, 9.17) is 25.8 Å². The monoisotopic (exact) mass is 349 g/mol. The molecule has 0 radical (unpaired) electrons. The van der Waals surface area contributed by atoms with E-state index in [0.717, 1.165) is 5.56 Å². The van der Waals surface area contributed by atoms with Gasteiger partial charge in [0, 0.05) is 12.1 Å². The molecule has 2 aromatic rings. The number of nitrogens with one attached hydrogen (secondary N) is 1. The zero-order valence-electron chi connectivity index (χ0n) is 14.1. The van der Waals surface area contributed by atoms with E-state index in [2.05, 4.69) is 5.32 Å². The molecule has 6 heteroatoms. The van der Waals surface area contributed by atoms with Crippen molar-refractivity contribution >= 4 is 23.2 Å². The predicted octanol–water partition coefficient (Wildman–Crippen LogP) is 4.07. The number of carbonyl (C=O) groups excluding carboxylic acids is 1. The zero-order valence-corrected chi connectivity index (χ0v) is 14.8. The average molecular weight is 350 g/mol. The molecule has 1 unspecified atom stereocenters. The van der Waals surface area contributed by atoms with Crippen molar-refractivity contribution in [2.75, 3.05) is 19.5 Å². The Morgan fingerprint density at radius 3 is 2.38 bits per heavy atom. The fourth-order valence-corrected chi connectivity index (χ4v) is 2.36. The lowest BCUT2D eigenvalue weighted by molar-refractivity contribution is -0.122. The van der Waals surface area contributed by atoms with Crippen LogP contribution >= 0.6 is 11.6 Å². The summed E-state index contributed by atoms with van der Waals surface area (Å²) in [7, 11) is 3.00. The predicted molar refractivity (Wildman–Crippen MR) is 94.5 cm³/mol. The molecule has 0 aliphatic heterocycles. The van der Waals surface area contributed by atoms with Crippen LogP contribution in [-0.4, -0.2) is 26.2 Å². The van der Waals surface area contributed by atoms with Gasteiger partial charge in [0.25, 0.3) is 5.91 Å². The van der Waals surface area contributed by atoms with E-state index in [-0.39, 0.29) is 5.91 Å². The van der Waals surface area contributed by atoms with Crippen molar-refractivity contribution in [3.05, 3.63) is 47.0 Å². The van der Waals surface area contributed by atoms with Crippen molar-refractivity contribution in [3.63, 3.8) is 0 Å². The van der Waals surface area contributed by atoms with Crippen LogP contribution in [0.25, 0.3) is 0 Å². The minimum absolute atomic E-state index is 0.305. The normalized spacial score (nSPS) is 11.5. The van der Waals surface area contributed by atoms with Crippen LogP contribution in [0.5, 0.6) is 17.2 Å². The van der Waals surface area contributed by atoms with Gasteiger partial charge in [-0.25, -0.2) is 0 Å². The Kier molecular flexibility index (Phi) is 5.93. The van der Waals surface area contributed by atoms with Gasteiger partial charge in [0.15, 0.2) is 6.10 Å². The summed E-state index contributed by atoms with van der Waals surface area (Å²) >= 11 is 6.06. The van der Waals surface area contributed by atoms with Crippen molar-refractivity contribution in [2.45, 2.75) is 20.0 Å². The molecule has 0 fully saturated rings. The Hall–Kier alpha value is -2.40. The minimum Gasteiger partial charge on any atom is -0.495 e. The van der Waals surface area contributed by atoms with Gasteiger partial charge in [-0.05, 0) is 25.5 Å². The third-order valence-corrected chi connectivity index (χ3v) is 3.79. The van der Waals surface area contributed by atoms with Crippen molar-refractivity contribution in [1.29, 1.82) is 0 Å². The number of aryl methyl sites for hydroxylation is 1. The highest BCUT2D eigenvalue weighted by molar-refractivity contribution is 6.32. The fourth-order valence-electron chi connectivity index (χ4n) is 2.13. The first kappa shape index (κ1) is 17.9. The first-order valence-electron chi connectivity index (χ1n) is 7.41. The first-order valence-corrected chi connectivity index (χ1v) is 7.78. The van der Waals surface area contributed by atoms with E-state index < -0.39 is 6.10 Å². The van der Waals surface area contributed by atoms with Gasteiger partial charge < -0.3 is 19.5 Å². The molecule has 0 aromatic heterocycles. The van der Waals surface area contributed by atoms with E-state index >= 15 is 0 Å². The van der Waals surface area contributed by atoms with Crippen molar-refractivity contribution < 1.29 is 19.0 Å². The average Bonchev–Trinajstić information content (AvgIpc) is 2.57. The molecule has 128 valence electrons. The molecule has 2 aromatic carbocycles. The summed E-state index contributed by atoms with van der Waals surface area (Å²) in [5.74, 6) is 1.25. The number of ether oxygens (including phenoxy) is 3. The van der Waals surface area contributed by atoms with Crippen LogP contribution in [0.1, 0.15) is 12.5 Å². The molecule has 24 heavy (non-hydrogen) atoms. The number of methoxy groups -OCH3 is 2. The molecule has 1 atom stereocenters. The zero-order chi connectivity index (χ0) is 17.7. The molecule has 0 bridgehead atoms. The molecule has 2 rings (SSSR count). The molecule has 0 aliphatic rings. The van der Waals surface area contributed by atoms with E-state index in [1.165, 1.54) is 14.2 Å². The molecule has 0 spiro atoms. The van der Waals surface area contributed by atoms with Crippen LogP contribution in [0.3, 0.4) is 0 Å². The van der Waals surface area contributed by atoms with Crippen molar-refractivity contribution in [1.82, 2.24) is 0 Å². The Morgan fingerprint density at radius 2 is 1.75 bits per heavy atom. The van der Waals surface area contributed by atoms with Gasteiger partial charge in [0.2, 0.25) is 0 Å². The Balaban J connectivity index is 2.15. The second-order valence-corrected chi connectivity index (χ2v) is 5.61. The summed E-state index contributed by atoms with van der Waals surface area (Å²) < 4.78 is 16.1. The first-order chi connectivity index (χ1) is 11.5. The van der Waals surface area contributed by atoms with E-state index in [9.17, 15) is 4.79 Å². The summed E-state index contributed by atoms with van der Waals surface area (Å²) in [6, 6.07) is 10.7. The van der Waals surface area contributed by atoms with Gasteiger partial charge in [0.05, 0.1) is 24.9 Å². The lowest BCUT2D eigenvalue weighted by Gasteiger charge is -2.18. The number of rotatable bonds is 6. The minimum atomic E-state index is -0.683. The van der Waals surface area contributed by atoms with Gasteiger partial charge >= 0.3 is 0 Å². The lowest BCUT2D eigenvalue weighted by Crippen LogP contribution is -2.30. The van der Waals surface area contributed by atoms with E-state index in [0.29, 0.717) is 28.0 Å². The van der Waals surface area contributed by atoms with Gasteiger partial charge in [-0.1, -0.05) is 29.8 Å². The summed E-state index contributed by atoms with van der Waals surface area (Å²) in [5.41, 5.74) is 1.42. The SMILES string of the molecule is COc1cc(NC(=O)C(C)Oc2ccccc2C)c(OC)cc1Cl. The second kappa shape index (κ2) is 7.93. The standard InChI is InChI=1S/C18H20ClNO4/c1-11-7-5-6-8-15(11)24-12(2)18(21)20-14-10-16(22-3)13(19)9-17(14)23-4/h5-10,12H,1-4H3,(H,20,21). The highest BCUT2D eigenvalue weighted by Crippen LogP contribution is 2.36. The number of para-hydroxylation sites is 1. The fraction of sp³-hybridized carbons (Fsp3) is 0.278. The van der Waals surface area contributed by atoms with Gasteiger partial charge in [0.1, 0.15) is 17.2 Å². The molecular formula is C18H20ClNO4. The molecule has 5 nitrogen and oxygen atoms in total. The Bertz CT molecular complexity index is 733. The number of hydrogen-bond acceptors (Lipinski definition) is 4. The smallest absolute Gasteiger partial charge is 0.265 e. The Labute approximate surface area is 146 Å². The van der Waals surface area contributed by atoms with Gasteiger partial charge in [-0.3, -0.25) is 4.79 Å².